The number of rotatable bonds is 4. The lowest BCUT2D eigenvalue weighted by molar-refractivity contribution is 0.327. The summed E-state index contributed by atoms with van der Waals surface area (Å²) in [5.74, 6) is 2.85. The normalized spacial score (nSPS) is 17.8. The second-order valence-electron chi connectivity index (χ2n) is 4.96. The molecule has 4 heteroatoms. The second kappa shape index (κ2) is 5.98. The molecule has 1 aliphatic rings. The molecule has 21 heavy (non-hydrogen) atoms. The maximum absolute atomic E-state index is 5.78. The van der Waals surface area contributed by atoms with Gasteiger partial charge in [-0.15, -0.1) is 0 Å². The van der Waals surface area contributed by atoms with E-state index >= 15 is 0 Å². The summed E-state index contributed by atoms with van der Waals surface area (Å²) < 4.78 is 16.5. The molecule has 0 aliphatic carbocycles. The molecule has 0 bridgehead atoms. The van der Waals surface area contributed by atoms with Gasteiger partial charge in [0.15, 0.2) is 0 Å². The molecule has 3 rings (SSSR count). The number of halogens is 1. The van der Waals surface area contributed by atoms with Gasteiger partial charge in [-0.3, -0.25) is 0 Å². The van der Waals surface area contributed by atoms with Crippen molar-refractivity contribution in [3.8, 4) is 17.2 Å². The van der Waals surface area contributed by atoms with E-state index in [4.69, 9.17) is 14.2 Å². The minimum Gasteiger partial charge on any atom is -0.497 e. The average molecular weight is 349 g/mol. The van der Waals surface area contributed by atoms with Crippen LogP contribution in [0.3, 0.4) is 0 Å². The number of benzene rings is 2. The molecule has 0 amide bonds. The van der Waals surface area contributed by atoms with Crippen LogP contribution in [0.15, 0.2) is 42.5 Å². The third kappa shape index (κ3) is 2.60. The van der Waals surface area contributed by atoms with E-state index in [9.17, 15) is 0 Å². The molecular weight excluding hydrogens is 332 g/mol. The van der Waals surface area contributed by atoms with E-state index in [-0.39, 0.29) is 10.7 Å². The van der Waals surface area contributed by atoms with E-state index in [1.54, 1.807) is 14.2 Å². The molecule has 2 unspecified atom stereocenters. The van der Waals surface area contributed by atoms with Crippen LogP contribution in [0.1, 0.15) is 21.9 Å². The number of hydrogen-bond acceptors (Lipinski definition) is 3. The third-order valence-electron chi connectivity index (χ3n) is 3.83. The summed E-state index contributed by atoms with van der Waals surface area (Å²) in [5, 5.41) is 0. The summed E-state index contributed by atoms with van der Waals surface area (Å²) in [6.07, 6.45) is 0. The largest absolute Gasteiger partial charge is 0.497 e. The van der Waals surface area contributed by atoms with E-state index in [0.717, 1.165) is 22.8 Å². The van der Waals surface area contributed by atoms with Crippen molar-refractivity contribution in [3.05, 3.63) is 53.6 Å². The van der Waals surface area contributed by atoms with Crippen LogP contribution in [-0.4, -0.2) is 20.8 Å². The van der Waals surface area contributed by atoms with Crippen molar-refractivity contribution in [3.63, 3.8) is 0 Å². The Bertz CT molecular complexity index is 642. The van der Waals surface area contributed by atoms with Crippen LogP contribution in [0.25, 0.3) is 0 Å². The van der Waals surface area contributed by atoms with Crippen LogP contribution in [0, 0.1) is 0 Å². The molecule has 0 fully saturated rings. The molecule has 0 radical (unpaired) electrons. The van der Waals surface area contributed by atoms with Crippen molar-refractivity contribution in [1.82, 2.24) is 0 Å². The Labute approximate surface area is 133 Å². The zero-order chi connectivity index (χ0) is 14.8. The SMILES string of the molecule is COc1ccc(C(Br)C2COc3ccccc32)c(OC)c1. The molecule has 0 N–H and O–H groups in total. The molecule has 1 heterocycles. The lowest BCUT2D eigenvalue weighted by Crippen LogP contribution is -2.09. The number of alkyl halides is 1. The Balaban J connectivity index is 1.94. The summed E-state index contributed by atoms with van der Waals surface area (Å²) in [6.45, 7) is 0.671. The summed E-state index contributed by atoms with van der Waals surface area (Å²) in [7, 11) is 3.33. The predicted molar refractivity (Wildman–Crippen MR) is 85.9 cm³/mol. The van der Waals surface area contributed by atoms with Crippen molar-refractivity contribution in [2.24, 2.45) is 0 Å². The maximum atomic E-state index is 5.78. The smallest absolute Gasteiger partial charge is 0.126 e. The average Bonchev–Trinajstić information content (AvgIpc) is 2.97. The molecule has 2 aromatic carbocycles. The van der Waals surface area contributed by atoms with Gasteiger partial charge in [0.2, 0.25) is 0 Å². The van der Waals surface area contributed by atoms with Crippen molar-refractivity contribution in [1.29, 1.82) is 0 Å². The van der Waals surface area contributed by atoms with Crippen molar-refractivity contribution in [2.75, 3.05) is 20.8 Å². The lowest BCUT2D eigenvalue weighted by atomic mass is 9.93. The zero-order valence-corrected chi connectivity index (χ0v) is 13.6. The molecule has 1 aliphatic heterocycles. The minimum atomic E-state index is 0.127. The molecule has 2 aromatic rings. The number of ether oxygens (including phenoxy) is 3. The fourth-order valence-corrected chi connectivity index (χ4v) is 3.51. The standard InChI is InChI=1S/C17H17BrO3/c1-19-11-7-8-13(16(9-11)20-2)17(18)14-10-21-15-6-4-3-5-12(14)15/h3-9,14,17H,10H2,1-2H3. The van der Waals surface area contributed by atoms with Gasteiger partial charge < -0.3 is 14.2 Å². The van der Waals surface area contributed by atoms with Gasteiger partial charge in [0.05, 0.1) is 25.7 Å². The molecular formula is C17H17BrO3. The van der Waals surface area contributed by atoms with Crippen LogP contribution < -0.4 is 14.2 Å². The number of methoxy groups -OCH3 is 2. The van der Waals surface area contributed by atoms with Crippen LogP contribution in [0.5, 0.6) is 17.2 Å². The highest BCUT2D eigenvalue weighted by atomic mass is 79.9. The topological polar surface area (TPSA) is 27.7 Å². The second-order valence-corrected chi connectivity index (χ2v) is 5.95. The van der Waals surface area contributed by atoms with Crippen molar-refractivity contribution < 1.29 is 14.2 Å². The Hall–Kier alpha value is -1.68. The van der Waals surface area contributed by atoms with Crippen LogP contribution in [0.2, 0.25) is 0 Å². The first kappa shape index (κ1) is 14.3. The van der Waals surface area contributed by atoms with Crippen LogP contribution in [0.4, 0.5) is 0 Å². The highest BCUT2D eigenvalue weighted by Gasteiger charge is 2.32. The van der Waals surface area contributed by atoms with E-state index in [1.165, 1.54) is 5.56 Å². The first-order valence-corrected chi connectivity index (χ1v) is 7.74. The lowest BCUT2D eigenvalue weighted by Gasteiger charge is -2.20. The zero-order valence-electron chi connectivity index (χ0n) is 12.0. The monoisotopic (exact) mass is 348 g/mol. The highest BCUT2D eigenvalue weighted by molar-refractivity contribution is 9.09. The van der Waals surface area contributed by atoms with Crippen molar-refractivity contribution >= 4 is 15.9 Å². The number of hydrogen-bond donors (Lipinski definition) is 0. The van der Waals surface area contributed by atoms with Gasteiger partial charge in [0.1, 0.15) is 17.2 Å². The first-order valence-electron chi connectivity index (χ1n) is 6.82. The van der Waals surface area contributed by atoms with Gasteiger partial charge in [-0.1, -0.05) is 40.2 Å². The minimum absolute atomic E-state index is 0.127. The highest BCUT2D eigenvalue weighted by Crippen LogP contribution is 2.48. The molecule has 0 saturated heterocycles. The number of para-hydroxylation sites is 1. The van der Waals surface area contributed by atoms with E-state index in [2.05, 4.69) is 22.0 Å². The van der Waals surface area contributed by atoms with Crippen LogP contribution in [-0.2, 0) is 0 Å². The third-order valence-corrected chi connectivity index (χ3v) is 4.96. The van der Waals surface area contributed by atoms with E-state index < -0.39 is 0 Å². The van der Waals surface area contributed by atoms with Gasteiger partial charge in [0.25, 0.3) is 0 Å². The van der Waals surface area contributed by atoms with Gasteiger partial charge in [0, 0.05) is 23.1 Å². The molecule has 0 aromatic heterocycles. The predicted octanol–water partition coefficient (Wildman–Crippen LogP) is 4.32. The molecule has 0 spiro atoms. The Morgan fingerprint density at radius 1 is 1.14 bits per heavy atom. The fourth-order valence-electron chi connectivity index (χ4n) is 2.69. The Morgan fingerprint density at radius 2 is 1.95 bits per heavy atom. The molecule has 3 nitrogen and oxygen atoms in total. The first-order chi connectivity index (χ1) is 10.2. The summed E-state index contributed by atoms with van der Waals surface area (Å²) >= 11 is 3.82. The van der Waals surface area contributed by atoms with Gasteiger partial charge in [-0.25, -0.2) is 0 Å². The Morgan fingerprint density at radius 3 is 2.71 bits per heavy atom. The number of fused-ring (bicyclic) bond motifs is 1. The quantitative estimate of drug-likeness (QED) is 0.770. The van der Waals surface area contributed by atoms with Crippen LogP contribution >= 0.6 is 15.9 Å². The van der Waals surface area contributed by atoms with E-state index in [0.29, 0.717) is 6.61 Å². The van der Waals surface area contributed by atoms with Gasteiger partial charge >= 0.3 is 0 Å². The summed E-state index contributed by atoms with van der Waals surface area (Å²) in [5.41, 5.74) is 2.33. The Kier molecular flexibility index (Phi) is 4.06. The summed E-state index contributed by atoms with van der Waals surface area (Å²) in [4.78, 5) is 0.127. The van der Waals surface area contributed by atoms with Crippen molar-refractivity contribution in [2.45, 2.75) is 10.7 Å². The molecule has 110 valence electrons. The van der Waals surface area contributed by atoms with E-state index in [1.807, 2.05) is 36.4 Å². The van der Waals surface area contributed by atoms with Gasteiger partial charge in [-0.2, -0.15) is 0 Å². The fraction of sp³-hybridized carbons (Fsp3) is 0.294. The van der Waals surface area contributed by atoms with Gasteiger partial charge in [-0.05, 0) is 12.1 Å². The molecule has 2 atom stereocenters. The maximum Gasteiger partial charge on any atom is 0.126 e. The summed E-state index contributed by atoms with van der Waals surface area (Å²) in [6, 6.07) is 14.1. The molecule has 0 saturated carbocycles.